The Bertz CT molecular complexity index is 349. The van der Waals surface area contributed by atoms with E-state index in [1.54, 1.807) is 0 Å². The maximum Gasteiger partial charge on any atom is 0.224 e. The minimum Gasteiger partial charge on any atom is -0.355 e. The van der Waals surface area contributed by atoms with E-state index in [1.807, 2.05) is 24.3 Å². The lowest BCUT2D eigenvalue weighted by atomic mass is 10.1. The standard InChI is InChI=1S/C13H19BrN2O/c1-10(2)15-7-8-16-13(17)9-11-3-5-12(14)6-4-11/h3-6,10,15H,7-9H2,1-2H3,(H,16,17). The van der Waals surface area contributed by atoms with E-state index < -0.39 is 0 Å². The smallest absolute Gasteiger partial charge is 0.224 e. The van der Waals surface area contributed by atoms with Crippen molar-refractivity contribution in [2.75, 3.05) is 13.1 Å². The van der Waals surface area contributed by atoms with Crippen LogP contribution >= 0.6 is 15.9 Å². The summed E-state index contributed by atoms with van der Waals surface area (Å²) in [6.45, 7) is 5.66. The Hall–Kier alpha value is -0.870. The zero-order valence-electron chi connectivity index (χ0n) is 10.3. The van der Waals surface area contributed by atoms with Crippen molar-refractivity contribution in [3.8, 4) is 0 Å². The van der Waals surface area contributed by atoms with Gasteiger partial charge in [-0.2, -0.15) is 0 Å². The Labute approximate surface area is 111 Å². The van der Waals surface area contributed by atoms with Crippen LogP contribution in [0.3, 0.4) is 0 Å². The number of amides is 1. The van der Waals surface area contributed by atoms with Crippen LogP contribution in [0.5, 0.6) is 0 Å². The minimum atomic E-state index is 0.0675. The summed E-state index contributed by atoms with van der Waals surface area (Å²) >= 11 is 3.37. The second-order valence-electron chi connectivity index (χ2n) is 4.26. The quantitative estimate of drug-likeness (QED) is 0.790. The lowest BCUT2D eigenvalue weighted by molar-refractivity contribution is -0.120. The first-order chi connectivity index (χ1) is 8.08. The van der Waals surface area contributed by atoms with E-state index in [4.69, 9.17) is 0 Å². The summed E-state index contributed by atoms with van der Waals surface area (Å²) in [5.74, 6) is 0.0675. The molecule has 1 amide bonds. The first kappa shape index (κ1) is 14.2. The Morgan fingerprint density at radius 1 is 1.24 bits per heavy atom. The summed E-state index contributed by atoms with van der Waals surface area (Å²) in [5, 5.41) is 6.14. The summed E-state index contributed by atoms with van der Waals surface area (Å²) in [5.41, 5.74) is 1.03. The monoisotopic (exact) mass is 298 g/mol. The van der Waals surface area contributed by atoms with Crippen LogP contribution < -0.4 is 10.6 Å². The molecule has 0 radical (unpaired) electrons. The van der Waals surface area contributed by atoms with E-state index in [0.29, 0.717) is 19.0 Å². The molecule has 0 aromatic heterocycles. The van der Waals surface area contributed by atoms with Crippen LogP contribution in [0.25, 0.3) is 0 Å². The van der Waals surface area contributed by atoms with Gasteiger partial charge in [0.25, 0.3) is 0 Å². The van der Waals surface area contributed by atoms with Crippen LogP contribution in [0.15, 0.2) is 28.7 Å². The molecular weight excluding hydrogens is 280 g/mol. The van der Waals surface area contributed by atoms with Crippen molar-refractivity contribution in [2.45, 2.75) is 26.3 Å². The van der Waals surface area contributed by atoms with Gasteiger partial charge in [-0.25, -0.2) is 0 Å². The number of carbonyl (C=O) groups is 1. The Balaban J connectivity index is 2.23. The third-order valence-corrected chi connectivity index (χ3v) is 2.81. The third-order valence-electron chi connectivity index (χ3n) is 2.28. The first-order valence-corrected chi connectivity index (χ1v) is 6.62. The van der Waals surface area contributed by atoms with Crippen molar-refractivity contribution in [1.82, 2.24) is 10.6 Å². The largest absolute Gasteiger partial charge is 0.355 e. The predicted molar refractivity (Wildman–Crippen MR) is 74.0 cm³/mol. The van der Waals surface area contributed by atoms with Crippen LogP contribution in [-0.4, -0.2) is 25.0 Å². The molecule has 3 nitrogen and oxygen atoms in total. The molecule has 0 heterocycles. The highest BCUT2D eigenvalue weighted by molar-refractivity contribution is 9.10. The van der Waals surface area contributed by atoms with Crippen molar-refractivity contribution in [1.29, 1.82) is 0 Å². The molecule has 17 heavy (non-hydrogen) atoms. The average molecular weight is 299 g/mol. The Kier molecular flexibility index (Phi) is 6.22. The molecule has 0 bridgehead atoms. The van der Waals surface area contributed by atoms with Crippen LogP contribution in [0, 0.1) is 0 Å². The van der Waals surface area contributed by atoms with Crippen molar-refractivity contribution in [3.05, 3.63) is 34.3 Å². The van der Waals surface area contributed by atoms with E-state index in [2.05, 4.69) is 40.4 Å². The van der Waals surface area contributed by atoms with Crippen LogP contribution in [0.2, 0.25) is 0 Å². The van der Waals surface area contributed by atoms with Gasteiger partial charge >= 0.3 is 0 Å². The molecule has 0 aliphatic rings. The normalized spacial score (nSPS) is 10.6. The van der Waals surface area contributed by atoms with Crippen molar-refractivity contribution in [3.63, 3.8) is 0 Å². The molecule has 1 rings (SSSR count). The fourth-order valence-electron chi connectivity index (χ4n) is 1.41. The lowest BCUT2D eigenvalue weighted by Gasteiger charge is -2.09. The minimum absolute atomic E-state index is 0.0675. The van der Waals surface area contributed by atoms with Gasteiger partial charge in [0.15, 0.2) is 0 Å². The molecule has 2 N–H and O–H groups in total. The SMILES string of the molecule is CC(C)NCCNC(=O)Cc1ccc(Br)cc1. The third kappa shape index (κ3) is 6.44. The second-order valence-corrected chi connectivity index (χ2v) is 5.18. The van der Waals surface area contributed by atoms with E-state index in [-0.39, 0.29) is 5.91 Å². The molecule has 0 saturated heterocycles. The van der Waals surface area contributed by atoms with Gasteiger partial charge in [-0.05, 0) is 17.7 Å². The first-order valence-electron chi connectivity index (χ1n) is 5.82. The molecule has 0 atom stereocenters. The van der Waals surface area contributed by atoms with Crippen molar-refractivity contribution < 1.29 is 4.79 Å². The van der Waals surface area contributed by atoms with Crippen LogP contribution in [-0.2, 0) is 11.2 Å². The van der Waals surface area contributed by atoms with Gasteiger partial charge in [-0.3, -0.25) is 4.79 Å². The number of benzene rings is 1. The van der Waals surface area contributed by atoms with E-state index in [9.17, 15) is 4.79 Å². The molecule has 0 unspecified atom stereocenters. The van der Waals surface area contributed by atoms with Crippen molar-refractivity contribution in [2.24, 2.45) is 0 Å². The van der Waals surface area contributed by atoms with Gasteiger partial charge in [-0.15, -0.1) is 0 Å². The molecule has 0 aliphatic heterocycles. The molecule has 4 heteroatoms. The van der Waals surface area contributed by atoms with Gasteiger partial charge in [0, 0.05) is 23.6 Å². The van der Waals surface area contributed by atoms with E-state index >= 15 is 0 Å². The number of carbonyl (C=O) groups excluding carboxylic acids is 1. The van der Waals surface area contributed by atoms with E-state index in [1.165, 1.54) is 0 Å². The molecule has 1 aromatic rings. The highest BCUT2D eigenvalue weighted by Crippen LogP contribution is 2.10. The zero-order valence-corrected chi connectivity index (χ0v) is 11.9. The maximum absolute atomic E-state index is 11.6. The topological polar surface area (TPSA) is 41.1 Å². The number of rotatable bonds is 6. The Morgan fingerprint density at radius 3 is 2.47 bits per heavy atom. The molecule has 0 aliphatic carbocycles. The molecule has 94 valence electrons. The fraction of sp³-hybridized carbons (Fsp3) is 0.462. The van der Waals surface area contributed by atoms with Gasteiger partial charge in [0.05, 0.1) is 6.42 Å². The molecular formula is C13H19BrN2O. The summed E-state index contributed by atoms with van der Waals surface area (Å²) in [6.07, 6.45) is 0.439. The van der Waals surface area contributed by atoms with Gasteiger partial charge in [0.1, 0.15) is 0 Å². The summed E-state index contributed by atoms with van der Waals surface area (Å²) in [4.78, 5) is 11.6. The molecule has 0 fully saturated rings. The number of halogens is 1. The maximum atomic E-state index is 11.6. The van der Waals surface area contributed by atoms with Crippen LogP contribution in [0.1, 0.15) is 19.4 Å². The summed E-state index contributed by atoms with van der Waals surface area (Å²) in [6, 6.07) is 8.26. The number of nitrogens with one attached hydrogen (secondary N) is 2. The lowest BCUT2D eigenvalue weighted by Crippen LogP contribution is -2.35. The van der Waals surface area contributed by atoms with Gasteiger partial charge in [0.2, 0.25) is 5.91 Å². The van der Waals surface area contributed by atoms with Gasteiger partial charge in [-0.1, -0.05) is 41.9 Å². The van der Waals surface area contributed by atoms with E-state index in [0.717, 1.165) is 16.6 Å². The van der Waals surface area contributed by atoms with Gasteiger partial charge < -0.3 is 10.6 Å². The molecule has 1 aromatic carbocycles. The van der Waals surface area contributed by atoms with Crippen molar-refractivity contribution >= 4 is 21.8 Å². The summed E-state index contributed by atoms with van der Waals surface area (Å²) < 4.78 is 1.03. The molecule has 0 saturated carbocycles. The highest BCUT2D eigenvalue weighted by atomic mass is 79.9. The number of hydrogen-bond donors (Lipinski definition) is 2. The number of hydrogen-bond acceptors (Lipinski definition) is 2. The fourth-order valence-corrected chi connectivity index (χ4v) is 1.68. The second kappa shape index (κ2) is 7.45. The highest BCUT2D eigenvalue weighted by Gasteiger charge is 2.02. The Morgan fingerprint density at radius 2 is 1.88 bits per heavy atom. The average Bonchev–Trinajstić information content (AvgIpc) is 2.27. The predicted octanol–water partition coefficient (Wildman–Crippen LogP) is 2.11. The van der Waals surface area contributed by atoms with Crippen LogP contribution in [0.4, 0.5) is 0 Å². The molecule has 0 spiro atoms. The zero-order chi connectivity index (χ0) is 12.7. The summed E-state index contributed by atoms with van der Waals surface area (Å²) in [7, 11) is 0.